The molecule has 3 aromatic rings. The average Bonchev–Trinajstić information content (AvgIpc) is 3.29. The number of carbonyl (C=O) groups excluding carboxylic acids is 2. The third-order valence-corrected chi connectivity index (χ3v) is 6.45. The summed E-state index contributed by atoms with van der Waals surface area (Å²) in [5.41, 5.74) is 7.77. The number of amides is 2. The summed E-state index contributed by atoms with van der Waals surface area (Å²) < 4.78 is 0. The summed E-state index contributed by atoms with van der Waals surface area (Å²) >= 11 is 1.31. The van der Waals surface area contributed by atoms with E-state index in [2.05, 4.69) is 15.8 Å². The van der Waals surface area contributed by atoms with E-state index in [0.717, 1.165) is 16.7 Å². The molecule has 0 aliphatic rings. The molecule has 0 radical (unpaired) electrons. The minimum atomic E-state index is -0.543. The molecule has 0 aliphatic heterocycles. The summed E-state index contributed by atoms with van der Waals surface area (Å²) in [7, 11) is 0. The van der Waals surface area contributed by atoms with Crippen LogP contribution in [0.15, 0.2) is 58.3 Å². The van der Waals surface area contributed by atoms with Crippen LogP contribution >= 0.6 is 11.3 Å². The van der Waals surface area contributed by atoms with Crippen LogP contribution in [-0.4, -0.2) is 58.4 Å². The molecule has 0 fully saturated rings. The maximum Gasteiger partial charge on any atom is 0.274 e. The molecule has 37 heavy (non-hydrogen) atoms. The number of rotatable bonds is 11. The largest absolute Gasteiger partial charge is 0.392 e. The molecule has 1 heterocycles. The van der Waals surface area contributed by atoms with Crippen LogP contribution in [0.5, 0.6) is 0 Å². The van der Waals surface area contributed by atoms with E-state index in [1.54, 1.807) is 49.0 Å². The van der Waals surface area contributed by atoms with Crippen molar-refractivity contribution in [3.8, 4) is 0 Å². The second-order valence-corrected chi connectivity index (χ2v) is 10.0. The molecule has 3 rings (SSSR count). The van der Waals surface area contributed by atoms with Crippen LogP contribution < -0.4 is 10.7 Å². The molecule has 196 valence electrons. The molecular formula is C28H34N4O4S. The van der Waals surface area contributed by atoms with E-state index in [4.69, 9.17) is 0 Å². The van der Waals surface area contributed by atoms with Gasteiger partial charge >= 0.3 is 0 Å². The number of thiophene rings is 1. The Labute approximate surface area is 221 Å². The number of nitrogens with zero attached hydrogens (tertiary/aromatic N) is 2. The summed E-state index contributed by atoms with van der Waals surface area (Å²) in [5, 5.41) is 29.8. The predicted octanol–water partition coefficient (Wildman–Crippen LogP) is 3.94. The molecule has 0 spiro atoms. The number of hydrazone groups is 1. The Hall–Kier alpha value is -3.37. The summed E-state index contributed by atoms with van der Waals surface area (Å²) in [6.07, 6.45) is 0.496. The fourth-order valence-corrected chi connectivity index (χ4v) is 4.61. The zero-order chi connectivity index (χ0) is 26.9. The van der Waals surface area contributed by atoms with Crippen LogP contribution in [0.25, 0.3) is 0 Å². The molecule has 1 aromatic heterocycles. The third-order valence-electron chi connectivity index (χ3n) is 5.71. The van der Waals surface area contributed by atoms with Crippen molar-refractivity contribution in [1.29, 1.82) is 0 Å². The Kier molecular flexibility index (Phi) is 10.1. The smallest absolute Gasteiger partial charge is 0.274 e. The van der Waals surface area contributed by atoms with Crippen LogP contribution in [0.2, 0.25) is 0 Å². The Morgan fingerprint density at radius 3 is 2.41 bits per heavy atom. The van der Waals surface area contributed by atoms with Crippen molar-refractivity contribution in [3.63, 3.8) is 0 Å². The molecule has 0 saturated heterocycles. The monoisotopic (exact) mass is 522 g/mol. The Bertz CT molecular complexity index is 1240. The highest BCUT2D eigenvalue weighted by Crippen LogP contribution is 2.22. The van der Waals surface area contributed by atoms with E-state index in [1.807, 2.05) is 43.0 Å². The molecule has 8 nitrogen and oxygen atoms in total. The van der Waals surface area contributed by atoms with Gasteiger partial charge in [-0.1, -0.05) is 30.3 Å². The lowest BCUT2D eigenvalue weighted by Crippen LogP contribution is -2.35. The molecule has 2 amide bonds. The highest BCUT2D eigenvalue weighted by Gasteiger charge is 2.17. The number of aryl methyl sites for hydroxylation is 2. The van der Waals surface area contributed by atoms with Gasteiger partial charge in [-0.3, -0.25) is 14.5 Å². The number of anilines is 1. The van der Waals surface area contributed by atoms with Crippen molar-refractivity contribution in [3.05, 3.63) is 86.6 Å². The van der Waals surface area contributed by atoms with Crippen molar-refractivity contribution in [2.45, 2.75) is 46.4 Å². The molecule has 0 saturated carbocycles. The Morgan fingerprint density at radius 2 is 1.73 bits per heavy atom. The van der Waals surface area contributed by atoms with Gasteiger partial charge in [0.15, 0.2) is 0 Å². The van der Waals surface area contributed by atoms with Crippen molar-refractivity contribution in [2.75, 3.05) is 18.4 Å². The number of hydrogen-bond acceptors (Lipinski definition) is 7. The van der Waals surface area contributed by atoms with Gasteiger partial charge in [0.2, 0.25) is 0 Å². The summed E-state index contributed by atoms with van der Waals surface area (Å²) in [6.45, 7) is 8.72. The lowest BCUT2D eigenvalue weighted by atomic mass is 10.1. The fourth-order valence-electron chi connectivity index (χ4n) is 3.85. The molecular weight excluding hydrogens is 488 g/mol. The first-order valence-corrected chi connectivity index (χ1v) is 13.0. The molecule has 2 atom stereocenters. The van der Waals surface area contributed by atoms with Crippen molar-refractivity contribution >= 4 is 35.1 Å². The van der Waals surface area contributed by atoms with Crippen LogP contribution in [0, 0.1) is 13.8 Å². The zero-order valence-electron chi connectivity index (χ0n) is 21.6. The third kappa shape index (κ3) is 8.61. The predicted molar refractivity (Wildman–Crippen MR) is 148 cm³/mol. The number of nitrogens with one attached hydrogen (secondary N) is 2. The van der Waals surface area contributed by atoms with E-state index in [1.165, 1.54) is 16.9 Å². The summed E-state index contributed by atoms with van der Waals surface area (Å²) in [6, 6.07) is 13.1. The first-order chi connectivity index (χ1) is 17.6. The van der Waals surface area contributed by atoms with Crippen molar-refractivity contribution in [1.82, 2.24) is 10.3 Å². The van der Waals surface area contributed by atoms with Crippen LogP contribution in [0.1, 0.15) is 56.8 Å². The van der Waals surface area contributed by atoms with Crippen molar-refractivity contribution in [2.24, 2.45) is 5.10 Å². The topological polar surface area (TPSA) is 114 Å². The first kappa shape index (κ1) is 28.2. The minimum Gasteiger partial charge on any atom is -0.392 e. The Morgan fingerprint density at radius 1 is 1.00 bits per heavy atom. The highest BCUT2D eigenvalue weighted by atomic mass is 32.1. The number of aliphatic hydroxyl groups is 2. The molecule has 0 aliphatic carbocycles. The van der Waals surface area contributed by atoms with Gasteiger partial charge in [0.1, 0.15) is 0 Å². The van der Waals surface area contributed by atoms with Gasteiger partial charge in [-0.05, 0) is 62.1 Å². The lowest BCUT2D eigenvalue weighted by Gasteiger charge is -2.25. The van der Waals surface area contributed by atoms with Gasteiger partial charge in [0, 0.05) is 36.0 Å². The highest BCUT2D eigenvalue weighted by molar-refractivity contribution is 7.08. The first-order valence-electron chi connectivity index (χ1n) is 12.1. The number of benzene rings is 2. The van der Waals surface area contributed by atoms with Gasteiger partial charge in [0.05, 0.1) is 29.7 Å². The molecule has 0 bridgehead atoms. The second kappa shape index (κ2) is 13.3. The van der Waals surface area contributed by atoms with Gasteiger partial charge < -0.3 is 15.5 Å². The summed E-state index contributed by atoms with van der Waals surface area (Å²) in [5.74, 6) is -0.761. The minimum absolute atomic E-state index is 0.326. The average molecular weight is 523 g/mol. The van der Waals surface area contributed by atoms with Gasteiger partial charge in [-0.15, -0.1) is 11.3 Å². The van der Waals surface area contributed by atoms with Crippen LogP contribution in [0.3, 0.4) is 0 Å². The molecule has 9 heteroatoms. The van der Waals surface area contributed by atoms with E-state index >= 15 is 0 Å². The van der Waals surface area contributed by atoms with E-state index < -0.39 is 18.1 Å². The zero-order valence-corrected chi connectivity index (χ0v) is 22.4. The number of aliphatic hydroxyl groups excluding tert-OH is 2. The fraction of sp³-hybridized carbons (Fsp3) is 0.321. The molecule has 2 aromatic carbocycles. The molecule has 2 unspecified atom stereocenters. The van der Waals surface area contributed by atoms with E-state index in [9.17, 15) is 19.8 Å². The van der Waals surface area contributed by atoms with Gasteiger partial charge in [0.25, 0.3) is 11.8 Å². The lowest BCUT2D eigenvalue weighted by molar-refractivity contribution is 0.0793. The van der Waals surface area contributed by atoms with Gasteiger partial charge in [-0.2, -0.15) is 5.10 Å². The Balaban J connectivity index is 1.65. The SMILES string of the molecule is Cc1ccc(/C=N/NC(=O)c2cscc2NC(=O)c2cccc(CN(CC(C)O)CC(C)O)c2)cc1C. The maximum absolute atomic E-state index is 13.0. The van der Waals surface area contributed by atoms with Crippen LogP contribution in [-0.2, 0) is 6.54 Å². The van der Waals surface area contributed by atoms with E-state index in [-0.39, 0.29) is 5.91 Å². The number of hydrogen-bond donors (Lipinski definition) is 4. The molecule has 4 N–H and O–H groups in total. The van der Waals surface area contributed by atoms with Gasteiger partial charge in [-0.25, -0.2) is 5.43 Å². The van der Waals surface area contributed by atoms with Crippen molar-refractivity contribution < 1.29 is 19.8 Å². The quantitative estimate of drug-likeness (QED) is 0.225. The van der Waals surface area contributed by atoms with E-state index in [0.29, 0.717) is 36.4 Å². The normalized spacial score (nSPS) is 13.1. The van der Waals surface area contributed by atoms with Crippen LogP contribution in [0.4, 0.5) is 5.69 Å². The maximum atomic E-state index is 13.0. The number of carbonyl (C=O) groups is 2. The summed E-state index contributed by atoms with van der Waals surface area (Å²) in [4.78, 5) is 27.6. The standard InChI is InChI=1S/C28H34N4O4S/c1-18-8-9-22(10-19(18)2)12-29-31-28(36)25-16-37-17-26(25)30-27(35)24-7-5-6-23(11-24)15-32(13-20(3)33)14-21(4)34/h5-12,16-17,20-21,33-34H,13-15H2,1-4H3,(H,30,35)(H,31,36)/b29-12+. The second-order valence-electron chi connectivity index (χ2n) is 9.29.